The Labute approximate surface area is 60.4 Å². The Balaban J connectivity index is 2.89. The van der Waals surface area contributed by atoms with Gasteiger partial charge in [0.15, 0.2) is 0 Å². The molecule has 61 valence electrons. The predicted molar refractivity (Wildman–Crippen MR) is 34.3 cm³/mol. The van der Waals surface area contributed by atoms with E-state index < -0.39 is 12.7 Å². The summed E-state index contributed by atoms with van der Waals surface area (Å²) in [5.74, 6) is 0. The van der Waals surface area contributed by atoms with Gasteiger partial charge in [-0.1, -0.05) is 0 Å². The van der Waals surface area contributed by atoms with Crippen molar-refractivity contribution < 1.29 is 19.7 Å². The number of rotatable bonds is 6. The third-order valence-corrected chi connectivity index (χ3v) is 0.934. The lowest BCUT2D eigenvalue weighted by Gasteiger charge is -2.05. The minimum atomic E-state index is -0.878. The highest BCUT2D eigenvalue weighted by Gasteiger charge is 2.00. The lowest BCUT2D eigenvalue weighted by molar-refractivity contribution is -0.0230. The zero-order chi connectivity index (χ0) is 7.82. The van der Waals surface area contributed by atoms with Crippen molar-refractivity contribution in [2.24, 2.45) is 0 Å². The van der Waals surface area contributed by atoms with Crippen molar-refractivity contribution in [3.05, 3.63) is 0 Å². The first kappa shape index (κ1) is 9.84. The summed E-state index contributed by atoms with van der Waals surface area (Å²) in [6.45, 7) is 0.513. The van der Waals surface area contributed by atoms with Crippen LogP contribution in [0.1, 0.15) is 0 Å². The third-order valence-electron chi connectivity index (χ3n) is 0.934. The van der Waals surface area contributed by atoms with Gasteiger partial charge in [0.25, 0.3) is 0 Å². The lowest BCUT2D eigenvalue weighted by Crippen LogP contribution is -2.19. The van der Waals surface area contributed by atoms with Gasteiger partial charge in [-0.15, -0.1) is 0 Å². The van der Waals surface area contributed by atoms with Gasteiger partial charge in [0.1, 0.15) is 12.7 Å². The van der Waals surface area contributed by atoms with Crippen molar-refractivity contribution >= 4 is 0 Å². The number of hydrogen-bond acceptors (Lipinski definition) is 3. The monoisotopic (exact) mass is 149 g/mol. The average molecular weight is 149 g/mol. The molecule has 0 aromatic heterocycles. The largest absolute Gasteiger partial charge is 0.388 e. The normalized spacial score (nSPS) is 13.5. The van der Waals surface area contributed by atoms with Crippen LogP contribution in [0.25, 0.3) is 0 Å². The van der Waals surface area contributed by atoms with Crippen LogP contribution >= 0.6 is 0 Å². The topological polar surface area (TPSA) is 58.6 Å². The van der Waals surface area contributed by atoms with Gasteiger partial charge in [0.2, 0.25) is 0 Å². The first-order valence-corrected chi connectivity index (χ1v) is 3.14. The van der Waals surface area contributed by atoms with Crippen molar-refractivity contribution in [3.8, 4) is 0 Å². The van der Waals surface area contributed by atoms with E-state index in [4.69, 9.17) is 9.84 Å². The Bertz CT molecular complexity index is 66.8. The molecule has 0 saturated heterocycles. The highest BCUT2D eigenvalue weighted by Crippen LogP contribution is 1.83. The van der Waals surface area contributed by atoms with Gasteiger partial charge < -0.3 is 14.6 Å². The standard InChI is InChI=1S/C6H13O4/c1-9-2-3-10-5-6(8)4-7/h6,8H,2-5H2,1H3. The molecule has 0 aromatic rings. The number of hydrogen-bond donors (Lipinski definition) is 1. The lowest BCUT2D eigenvalue weighted by atomic mass is 10.4. The molecular weight excluding hydrogens is 136 g/mol. The molecule has 10 heavy (non-hydrogen) atoms. The summed E-state index contributed by atoms with van der Waals surface area (Å²) in [6.07, 6.45) is -0.878. The summed E-state index contributed by atoms with van der Waals surface area (Å²) in [5, 5.41) is 18.6. The zero-order valence-corrected chi connectivity index (χ0v) is 6.08. The van der Waals surface area contributed by atoms with Crippen LogP contribution in [-0.2, 0) is 14.6 Å². The van der Waals surface area contributed by atoms with E-state index in [0.717, 1.165) is 0 Å². The molecule has 1 atom stereocenters. The molecule has 1 radical (unpaired) electrons. The second kappa shape index (κ2) is 6.95. The maximum absolute atomic E-state index is 9.93. The van der Waals surface area contributed by atoms with E-state index in [1.807, 2.05) is 0 Å². The van der Waals surface area contributed by atoms with Gasteiger partial charge in [-0.2, -0.15) is 0 Å². The van der Waals surface area contributed by atoms with Crippen molar-refractivity contribution in [1.82, 2.24) is 0 Å². The molecule has 0 aliphatic heterocycles. The van der Waals surface area contributed by atoms with Gasteiger partial charge >= 0.3 is 0 Å². The fourth-order valence-electron chi connectivity index (χ4n) is 0.410. The Hall–Kier alpha value is -0.160. The molecule has 0 heterocycles. The first-order valence-electron chi connectivity index (χ1n) is 3.14. The van der Waals surface area contributed by atoms with Gasteiger partial charge in [0, 0.05) is 7.11 Å². The maximum atomic E-state index is 9.93. The molecule has 1 unspecified atom stereocenters. The summed E-state index contributed by atoms with van der Waals surface area (Å²) in [5.41, 5.74) is 0. The smallest absolute Gasteiger partial charge is 0.110 e. The van der Waals surface area contributed by atoms with Gasteiger partial charge in [-0.05, 0) is 0 Å². The fraction of sp³-hybridized carbons (Fsp3) is 1.00. The van der Waals surface area contributed by atoms with Gasteiger partial charge in [0.05, 0.1) is 19.8 Å². The van der Waals surface area contributed by atoms with Crippen molar-refractivity contribution in [1.29, 1.82) is 0 Å². The minimum absolute atomic E-state index is 0.104. The van der Waals surface area contributed by atoms with Crippen molar-refractivity contribution in [2.45, 2.75) is 6.10 Å². The van der Waals surface area contributed by atoms with Gasteiger partial charge in [-0.3, -0.25) is 0 Å². The Kier molecular flexibility index (Phi) is 6.84. The van der Waals surface area contributed by atoms with Crippen LogP contribution in [0.5, 0.6) is 0 Å². The molecule has 4 nitrogen and oxygen atoms in total. The van der Waals surface area contributed by atoms with E-state index in [-0.39, 0.29) is 6.61 Å². The average Bonchev–Trinajstić information content (AvgIpc) is 1.98. The Morgan fingerprint density at radius 1 is 1.50 bits per heavy atom. The second-order valence-corrected chi connectivity index (χ2v) is 1.89. The SMILES string of the molecule is COCCOCC(O)C[O]. The first-order chi connectivity index (χ1) is 4.81. The van der Waals surface area contributed by atoms with E-state index in [1.165, 1.54) is 0 Å². The van der Waals surface area contributed by atoms with Crippen LogP contribution in [0.4, 0.5) is 0 Å². The molecule has 0 aromatic carbocycles. The number of aliphatic hydroxyl groups excluding tert-OH is 1. The van der Waals surface area contributed by atoms with E-state index in [9.17, 15) is 5.11 Å². The number of methoxy groups -OCH3 is 1. The van der Waals surface area contributed by atoms with E-state index in [0.29, 0.717) is 13.2 Å². The van der Waals surface area contributed by atoms with Crippen LogP contribution in [0.15, 0.2) is 0 Å². The molecule has 0 spiro atoms. The van der Waals surface area contributed by atoms with Crippen LogP contribution in [0, 0.1) is 0 Å². The fourth-order valence-corrected chi connectivity index (χ4v) is 0.410. The molecule has 0 bridgehead atoms. The molecule has 0 fully saturated rings. The van der Waals surface area contributed by atoms with Crippen molar-refractivity contribution in [3.63, 3.8) is 0 Å². The summed E-state index contributed by atoms with van der Waals surface area (Å²) >= 11 is 0. The molecule has 1 N–H and O–H groups in total. The van der Waals surface area contributed by atoms with Gasteiger partial charge in [-0.25, -0.2) is 5.11 Å². The van der Waals surface area contributed by atoms with Crippen molar-refractivity contribution in [2.75, 3.05) is 33.5 Å². The molecule has 4 heteroatoms. The van der Waals surface area contributed by atoms with Crippen LogP contribution in [0.2, 0.25) is 0 Å². The number of aliphatic hydroxyl groups is 1. The number of ether oxygens (including phenoxy) is 2. The Morgan fingerprint density at radius 3 is 2.70 bits per heavy atom. The summed E-state index contributed by atoms with van der Waals surface area (Å²) in [6, 6.07) is 0. The molecule has 0 saturated carbocycles. The summed E-state index contributed by atoms with van der Waals surface area (Å²) in [7, 11) is 1.56. The highest BCUT2D eigenvalue weighted by atomic mass is 16.5. The van der Waals surface area contributed by atoms with E-state index in [2.05, 4.69) is 4.74 Å². The summed E-state index contributed by atoms with van der Waals surface area (Å²) in [4.78, 5) is 0. The Morgan fingerprint density at radius 2 is 2.20 bits per heavy atom. The zero-order valence-electron chi connectivity index (χ0n) is 6.08. The van der Waals surface area contributed by atoms with Crippen LogP contribution < -0.4 is 0 Å². The molecule has 0 aliphatic rings. The molecule has 0 rings (SSSR count). The molecule has 0 aliphatic carbocycles. The highest BCUT2D eigenvalue weighted by molar-refractivity contribution is 4.47. The molecule has 0 amide bonds. The van der Waals surface area contributed by atoms with E-state index >= 15 is 0 Å². The van der Waals surface area contributed by atoms with Crippen LogP contribution in [-0.4, -0.2) is 44.7 Å². The predicted octanol–water partition coefficient (Wildman–Crippen LogP) is -0.559. The second-order valence-electron chi connectivity index (χ2n) is 1.89. The van der Waals surface area contributed by atoms with E-state index in [1.54, 1.807) is 7.11 Å². The van der Waals surface area contributed by atoms with Crippen LogP contribution in [0.3, 0.4) is 0 Å². The summed E-state index contributed by atoms with van der Waals surface area (Å²) < 4.78 is 9.52. The quantitative estimate of drug-likeness (QED) is 0.515. The molecular formula is C6H13O4. The third kappa shape index (κ3) is 5.97. The minimum Gasteiger partial charge on any atom is -0.388 e. The maximum Gasteiger partial charge on any atom is 0.110 e.